The lowest BCUT2D eigenvalue weighted by atomic mass is 10.0. The van der Waals surface area contributed by atoms with E-state index in [-0.39, 0.29) is 42.8 Å². The number of hydrogen-bond donors (Lipinski definition) is 4. The molecule has 1 aromatic carbocycles. The summed E-state index contributed by atoms with van der Waals surface area (Å²) < 4.78 is 0. The summed E-state index contributed by atoms with van der Waals surface area (Å²) in [6.45, 7) is 7.23. The van der Waals surface area contributed by atoms with E-state index in [4.69, 9.17) is 5.73 Å². The minimum absolute atomic E-state index is 0. The number of benzene rings is 1. The topological polar surface area (TPSA) is 87.4 Å². The minimum Gasteiger partial charge on any atom is -0.390 e. The van der Waals surface area contributed by atoms with Crippen LogP contribution >= 0.6 is 24.8 Å². The number of carbonyl (C=O) groups excluding carboxylic acids is 1. The average Bonchev–Trinajstić information content (AvgIpc) is 2.60. The molecule has 5 nitrogen and oxygen atoms in total. The third kappa shape index (κ3) is 12.3. The van der Waals surface area contributed by atoms with Crippen molar-refractivity contribution in [1.82, 2.24) is 10.6 Å². The molecule has 0 radical (unpaired) electrons. The van der Waals surface area contributed by atoms with E-state index in [2.05, 4.69) is 31.4 Å². The Morgan fingerprint density at radius 3 is 2.33 bits per heavy atom. The predicted octanol–water partition coefficient (Wildman–Crippen LogP) is 2.68. The van der Waals surface area contributed by atoms with Gasteiger partial charge in [0.2, 0.25) is 5.91 Å². The van der Waals surface area contributed by atoms with Gasteiger partial charge >= 0.3 is 0 Å². The van der Waals surface area contributed by atoms with Crippen molar-refractivity contribution in [3.8, 4) is 0 Å². The zero-order valence-corrected chi connectivity index (χ0v) is 18.3. The van der Waals surface area contributed by atoms with E-state index in [1.807, 2.05) is 30.3 Å². The fraction of sp³-hybridized carbons (Fsp3) is 0.650. The summed E-state index contributed by atoms with van der Waals surface area (Å²) >= 11 is 0. The molecule has 158 valence electrons. The van der Waals surface area contributed by atoms with E-state index in [9.17, 15) is 9.90 Å². The summed E-state index contributed by atoms with van der Waals surface area (Å²) in [5.41, 5.74) is 7.22. The molecule has 3 atom stereocenters. The fourth-order valence-electron chi connectivity index (χ4n) is 2.60. The van der Waals surface area contributed by atoms with Crippen LogP contribution in [0.4, 0.5) is 0 Å². The van der Waals surface area contributed by atoms with Crippen LogP contribution in [-0.4, -0.2) is 42.3 Å². The maximum absolute atomic E-state index is 12.3. The molecular formula is C20H37Cl2N3O2. The molecule has 0 aromatic heterocycles. The van der Waals surface area contributed by atoms with Crippen LogP contribution in [0.15, 0.2) is 30.3 Å². The van der Waals surface area contributed by atoms with Crippen LogP contribution in [0, 0.1) is 5.92 Å². The molecule has 5 N–H and O–H groups in total. The summed E-state index contributed by atoms with van der Waals surface area (Å²) in [4.78, 5) is 12.3. The van der Waals surface area contributed by atoms with Crippen LogP contribution in [0.2, 0.25) is 0 Å². The number of unbranched alkanes of at least 4 members (excludes halogenated alkanes) is 1. The van der Waals surface area contributed by atoms with Crippen LogP contribution in [0.25, 0.3) is 0 Å². The predicted molar refractivity (Wildman–Crippen MR) is 118 cm³/mol. The monoisotopic (exact) mass is 421 g/mol. The zero-order valence-electron chi connectivity index (χ0n) is 16.7. The Balaban J connectivity index is 0. The minimum atomic E-state index is -0.692. The highest BCUT2D eigenvalue weighted by molar-refractivity contribution is 5.85. The van der Waals surface area contributed by atoms with E-state index < -0.39 is 6.10 Å². The second kappa shape index (κ2) is 16.1. The Morgan fingerprint density at radius 2 is 1.78 bits per heavy atom. The molecule has 1 rings (SSSR count). The Kier molecular flexibility index (Phi) is 16.9. The van der Waals surface area contributed by atoms with Gasteiger partial charge in [0.05, 0.1) is 12.1 Å². The second-order valence-electron chi connectivity index (χ2n) is 7.16. The largest absolute Gasteiger partial charge is 0.390 e. The van der Waals surface area contributed by atoms with Crippen LogP contribution in [0.3, 0.4) is 0 Å². The van der Waals surface area contributed by atoms with Gasteiger partial charge in [-0.3, -0.25) is 4.79 Å². The molecule has 0 fully saturated rings. The number of carbonyl (C=O) groups is 1. The molecule has 1 aromatic rings. The van der Waals surface area contributed by atoms with E-state index in [0.717, 1.165) is 24.8 Å². The number of nitrogens with two attached hydrogens (primary N) is 1. The molecule has 1 amide bonds. The van der Waals surface area contributed by atoms with Crippen molar-refractivity contribution in [2.45, 2.75) is 64.6 Å². The second-order valence-corrected chi connectivity index (χ2v) is 7.16. The number of halogens is 2. The van der Waals surface area contributed by atoms with Gasteiger partial charge in [-0.05, 0) is 24.3 Å². The average molecular weight is 422 g/mol. The third-order valence-corrected chi connectivity index (χ3v) is 4.23. The van der Waals surface area contributed by atoms with Gasteiger partial charge in [0.25, 0.3) is 0 Å². The van der Waals surface area contributed by atoms with E-state index >= 15 is 0 Å². The van der Waals surface area contributed by atoms with Crippen LogP contribution in [0.1, 0.15) is 45.6 Å². The van der Waals surface area contributed by atoms with Gasteiger partial charge in [0, 0.05) is 19.1 Å². The Bertz CT molecular complexity index is 489. The van der Waals surface area contributed by atoms with Gasteiger partial charge in [-0.1, -0.05) is 63.9 Å². The van der Waals surface area contributed by atoms with Crippen molar-refractivity contribution in [2.75, 3.05) is 13.1 Å². The van der Waals surface area contributed by atoms with Gasteiger partial charge < -0.3 is 21.5 Å². The first-order valence-corrected chi connectivity index (χ1v) is 9.42. The van der Waals surface area contributed by atoms with Gasteiger partial charge in [-0.25, -0.2) is 0 Å². The van der Waals surface area contributed by atoms with Crippen molar-refractivity contribution in [3.63, 3.8) is 0 Å². The summed E-state index contributed by atoms with van der Waals surface area (Å²) in [5.74, 6) is 0.423. The summed E-state index contributed by atoms with van der Waals surface area (Å²) in [5, 5.41) is 16.5. The highest BCUT2D eigenvalue weighted by atomic mass is 35.5. The van der Waals surface area contributed by atoms with Crippen LogP contribution in [0.5, 0.6) is 0 Å². The smallest absolute Gasteiger partial charge is 0.237 e. The Hall–Kier alpha value is -0.850. The first kappa shape index (κ1) is 28.4. The van der Waals surface area contributed by atoms with Crippen molar-refractivity contribution in [1.29, 1.82) is 0 Å². The highest BCUT2D eigenvalue weighted by Crippen LogP contribution is 2.06. The molecule has 0 saturated heterocycles. The molecule has 0 aliphatic rings. The lowest BCUT2D eigenvalue weighted by molar-refractivity contribution is -0.123. The van der Waals surface area contributed by atoms with Crippen molar-refractivity contribution >= 4 is 30.7 Å². The van der Waals surface area contributed by atoms with Crippen LogP contribution < -0.4 is 16.4 Å². The Morgan fingerprint density at radius 1 is 1.15 bits per heavy atom. The Labute approximate surface area is 176 Å². The molecule has 0 spiro atoms. The van der Waals surface area contributed by atoms with E-state index in [1.165, 1.54) is 0 Å². The maximum Gasteiger partial charge on any atom is 0.237 e. The number of nitrogens with one attached hydrogen (secondary N) is 2. The van der Waals surface area contributed by atoms with Crippen molar-refractivity contribution < 1.29 is 9.90 Å². The molecule has 0 aliphatic heterocycles. The highest BCUT2D eigenvalue weighted by Gasteiger charge is 2.21. The molecule has 0 bridgehead atoms. The SMILES string of the molecule is CCCC[C@H](NCC(O)C(N)Cc1ccccc1)C(=O)NCC(C)C.Cl.Cl. The number of rotatable bonds is 12. The summed E-state index contributed by atoms with van der Waals surface area (Å²) in [6, 6.07) is 9.25. The molecule has 2 unspecified atom stereocenters. The maximum atomic E-state index is 12.3. The normalized spacial score (nSPS) is 13.9. The first-order chi connectivity index (χ1) is 11.9. The molecule has 7 heteroatoms. The lowest BCUT2D eigenvalue weighted by Gasteiger charge is -2.24. The molecule has 0 saturated carbocycles. The quantitative estimate of drug-likeness (QED) is 0.417. The summed E-state index contributed by atoms with van der Waals surface area (Å²) in [7, 11) is 0. The van der Waals surface area contributed by atoms with E-state index in [1.54, 1.807) is 0 Å². The number of aliphatic hydroxyl groups excluding tert-OH is 1. The zero-order chi connectivity index (χ0) is 18.7. The summed E-state index contributed by atoms with van der Waals surface area (Å²) in [6.07, 6.45) is 2.69. The van der Waals surface area contributed by atoms with Crippen molar-refractivity contribution in [2.24, 2.45) is 11.7 Å². The third-order valence-electron chi connectivity index (χ3n) is 4.23. The van der Waals surface area contributed by atoms with Gasteiger partial charge in [-0.15, -0.1) is 24.8 Å². The number of amides is 1. The fourth-order valence-corrected chi connectivity index (χ4v) is 2.60. The van der Waals surface area contributed by atoms with Gasteiger partial charge in [0.15, 0.2) is 0 Å². The standard InChI is InChI=1S/C20H35N3O2.2ClH/c1-4-5-11-18(20(25)23-13-15(2)3)22-14-19(24)17(21)12-16-9-7-6-8-10-16;;/h6-10,15,17-19,22,24H,4-5,11-14,21H2,1-3H3,(H,23,25);2*1H/t17?,18-,19?;;/m0../s1. The lowest BCUT2D eigenvalue weighted by Crippen LogP contribution is -2.50. The molecule has 0 aliphatic carbocycles. The first-order valence-electron chi connectivity index (χ1n) is 9.42. The van der Waals surface area contributed by atoms with Gasteiger partial charge in [0.1, 0.15) is 0 Å². The number of hydrogen-bond acceptors (Lipinski definition) is 4. The number of aliphatic hydroxyl groups is 1. The van der Waals surface area contributed by atoms with E-state index in [0.29, 0.717) is 25.4 Å². The molecular weight excluding hydrogens is 385 g/mol. The van der Waals surface area contributed by atoms with Crippen LogP contribution in [-0.2, 0) is 11.2 Å². The van der Waals surface area contributed by atoms with Gasteiger partial charge in [-0.2, -0.15) is 0 Å². The molecule has 0 heterocycles. The van der Waals surface area contributed by atoms with Crippen molar-refractivity contribution in [3.05, 3.63) is 35.9 Å². The molecule has 27 heavy (non-hydrogen) atoms.